The monoisotopic (exact) mass is 528 g/mol. The molecule has 0 bridgehead atoms. The second-order valence-electron chi connectivity index (χ2n) is 9.78. The van der Waals surface area contributed by atoms with Crippen LogP contribution in [-0.2, 0) is 19.5 Å². The molecule has 9 nitrogen and oxygen atoms in total. The van der Waals surface area contributed by atoms with E-state index in [1.54, 1.807) is 32.9 Å². The van der Waals surface area contributed by atoms with Crippen LogP contribution in [0.3, 0.4) is 0 Å². The molecule has 2 aromatic carbocycles. The van der Waals surface area contributed by atoms with Gasteiger partial charge in [0.15, 0.2) is 5.78 Å². The number of aryl methyl sites for hydroxylation is 1. The molecular weight excluding hydrogens is 496 g/mol. The van der Waals surface area contributed by atoms with Crippen molar-refractivity contribution in [2.24, 2.45) is 0 Å². The summed E-state index contributed by atoms with van der Waals surface area (Å²) in [6, 6.07) is 9.69. The number of benzene rings is 2. The number of ketones is 1. The van der Waals surface area contributed by atoms with E-state index in [1.807, 2.05) is 6.92 Å². The van der Waals surface area contributed by atoms with Crippen molar-refractivity contribution in [3.63, 3.8) is 0 Å². The number of rotatable bonds is 7. The molecule has 3 rings (SSSR count). The lowest BCUT2D eigenvalue weighted by molar-refractivity contribution is 0.0525. The first-order valence-electron chi connectivity index (χ1n) is 11.8. The molecule has 1 amide bonds. The van der Waals surface area contributed by atoms with Gasteiger partial charge in [0.2, 0.25) is 0 Å². The van der Waals surface area contributed by atoms with Gasteiger partial charge in [0.1, 0.15) is 5.60 Å². The van der Waals surface area contributed by atoms with Crippen molar-refractivity contribution in [2.75, 3.05) is 18.0 Å². The number of alkyl carbamates (subject to hydrolysis) is 1. The zero-order valence-corrected chi connectivity index (χ0v) is 22.5. The van der Waals surface area contributed by atoms with Gasteiger partial charge in [-0.1, -0.05) is 24.3 Å². The topological polar surface area (TPSA) is 119 Å². The first-order valence-corrected chi connectivity index (χ1v) is 13.2. The van der Waals surface area contributed by atoms with Crippen LogP contribution >= 0.6 is 0 Å². The molecule has 1 aliphatic rings. The molecule has 0 spiro atoms. The number of ether oxygens (including phenoxy) is 2. The van der Waals surface area contributed by atoms with Crippen molar-refractivity contribution >= 4 is 33.6 Å². The number of esters is 1. The Morgan fingerprint density at radius 1 is 1.11 bits per heavy atom. The maximum atomic E-state index is 13.9. The molecule has 1 heterocycles. The number of methoxy groups -OCH3 is 1. The third-order valence-corrected chi connectivity index (χ3v) is 7.61. The number of fused-ring (bicyclic) bond motifs is 1. The molecule has 0 aromatic heterocycles. The molecule has 0 aliphatic carbocycles. The zero-order chi connectivity index (χ0) is 27.5. The number of Topliss-reactive ketones (excluding diaryl/α,β-unsaturated/α-hetero) is 1. The number of anilines is 1. The Labute approximate surface area is 217 Å². The molecule has 0 unspecified atom stereocenters. The number of sulfonamides is 1. The Hall–Kier alpha value is -3.66. The Balaban J connectivity index is 1.98. The van der Waals surface area contributed by atoms with E-state index in [0.717, 1.165) is 5.56 Å². The van der Waals surface area contributed by atoms with Gasteiger partial charge in [0.25, 0.3) is 10.0 Å². The summed E-state index contributed by atoms with van der Waals surface area (Å²) in [5.41, 5.74) is 0.630. The summed E-state index contributed by atoms with van der Waals surface area (Å²) in [5.74, 6) is -1.11. The fourth-order valence-electron chi connectivity index (χ4n) is 4.00. The standard InChI is InChI=1S/C27H32N2O7S/c1-17-9-12-20(13-10-17)37(33,34)29-22(8-7-15-28-26(32)36-27(3,4)5)18(2)24(30)21-16-19(25(31)35-6)11-14-23(21)29/h9-14,16,22H,2,7-8,15H2,1,3-6H3,(H,28,32)/t22-/m0/s1. The molecule has 1 atom stereocenters. The summed E-state index contributed by atoms with van der Waals surface area (Å²) >= 11 is 0. The molecular formula is C27H32N2O7S. The van der Waals surface area contributed by atoms with Crippen LogP contribution in [0.5, 0.6) is 0 Å². The van der Waals surface area contributed by atoms with Gasteiger partial charge in [0, 0.05) is 17.7 Å². The van der Waals surface area contributed by atoms with Crippen LogP contribution in [-0.4, -0.2) is 51.6 Å². The number of nitrogens with zero attached hydrogens (tertiary/aromatic N) is 1. The quantitative estimate of drug-likeness (QED) is 0.321. The lowest BCUT2D eigenvalue weighted by Gasteiger charge is -2.38. The van der Waals surface area contributed by atoms with Crippen LogP contribution < -0.4 is 9.62 Å². The molecule has 2 aromatic rings. The van der Waals surface area contributed by atoms with Gasteiger partial charge in [-0.25, -0.2) is 18.0 Å². The summed E-state index contributed by atoms with van der Waals surface area (Å²) in [6.45, 7) is 11.2. The van der Waals surface area contributed by atoms with Crippen molar-refractivity contribution < 1.29 is 32.3 Å². The zero-order valence-electron chi connectivity index (χ0n) is 21.7. The van der Waals surface area contributed by atoms with Crippen LogP contribution in [0.2, 0.25) is 0 Å². The van der Waals surface area contributed by atoms with E-state index < -0.39 is 39.5 Å². The van der Waals surface area contributed by atoms with Crippen molar-refractivity contribution in [3.05, 3.63) is 71.3 Å². The van der Waals surface area contributed by atoms with Gasteiger partial charge >= 0.3 is 12.1 Å². The van der Waals surface area contributed by atoms with Crippen molar-refractivity contribution in [3.8, 4) is 0 Å². The van der Waals surface area contributed by atoms with E-state index in [4.69, 9.17) is 9.47 Å². The first kappa shape index (κ1) is 27.9. The van der Waals surface area contributed by atoms with E-state index >= 15 is 0 Å². The second-order valence-corrected chi connectivity index (χ2v) is 11.6. The molecule has 198 valence electrons. The average molecular weight is 529 g/mol. The van der Waals surface area contributed by atoms with E-state index in [9.17, 15) is 22.8 Å². The third-order valence-electron chi connectivity index (χ3n) is 5.78. The van der Waals surface area contributed by atoms with Gasteiger partial charge in [-0.3, -0.25) is 9.10 Å². The number of carbonyl (C=O) groups is 3. The van der Waals surface area contributed by atoms with Gasteiger partial charge in [-0.05, 0) is 70.9 Å². The Morgan fingerprint density at radius 3 is 2.35 bits per heavy atom. The number of hydrogen-bond donors (Lipinski definition) is 1. The second kappa shape index (κ2) is 10.8. The highest BCUT2D eigenvalue weighted by Crippen LogP contribution is 2.39. The average Bonchev–Trinajstić information content (AvgIpc) is 2.83. The SMILES string of the molecule is C=C1C(=O)c2cc(C(=O)OC)ccc2N(S(=O)(=O)c2ccc(C)cc2)[C@H]1CCCNC(=O)OC(C)(C)C. The fourth-order valence-corrected chi connectivity index (χ4v) is 5.69. The predicted molar refractivity (Wildman–Crippen MR) is 139 cm³/mol. The summed E-state index contributed by atoms with van der Waals surface area (Å²) in [6.07, 6.45) is -0.0223. The minimum atomic E-state index is -4.12. The molecule has 0 saturated heterocycles. The van der Waals surface area contributed by atoms with Crippen molar-refractivity contribution in [1.82, 2.24) is 5.32 Å². The minimum absolute atomic E-state index is 0.0479. The lowest BCUT2D eigenvalue weighted by Crippen LogP contribution is -2.47. The minimum Gasteiger partial charge on any atom is -0.465 e. The van der Waals surface area contributed by atoms with Gasteiger partial charge in [0.05, 0.1) is 29.3 Å². The van der Waals surface area contributed by atoms with E-state index in [2.05, 4.69) is 11.9 Å². The van der Waals surface area contributed by atoms with Gasteiger partial charge in [-0.2, -0.15) is 0 Å². The first-order chi connectivity index (χ1) is 17.3. The van der Waals surface area contributed by atoms with Gasteiger partial charge < -0.3 is 14.8 Å². The normalized spacial score (nSPS) is 15.7. The number of carbonyl (C=O) groups excluding carboxylic acids is 3. The number of amides is 1. The Kier molecular flexibility index (Phi) is 8.12. The molecule has 0 radical (unpaired) electrons. The van der Waals surface area contributed by atoms with E-state index in [0.29, 0.717) is 6.42 Å². The highest BCUT2D eigenvalue weighted by Gasteiger charge is 2.41. The molecule has 0 saturated carbocycles. The van der Waals surface area contributed by atoms with Gasteiger partial charge in [-0.15, -0.1) is 0 Å². The van der Waals surface area contributed by atoms with Crippen LogP contribution in [0.25, 0.3) is 0 Å². The molecule has 0 fully saturated rings. The number of nitrogens with one attached hydrogen (secondary N) is 1. The summed E-state index contributed by atoms with van der Waals surface area (Å²) < 4.78 is 38.9. The van der Waals surface area contributed by atoms with Crippen LogP contribution in [0.4, 0.5) is 10.5 Å². The largest absolute Gasteiger partial charge is 0.465 e. The summed E-state index contributed by atoms with van der Waals surface area (Å²) in [5, 5.41) is 2.65. The molecule has 1 N–H and O–H groups in total. The highest BCUT2D eigenvalue weighted by molar-refractivity contribution is 7.92. The maximum Gasteiger partial charge on any atom is 0.407 e. The summed E-state index contributed by atoms with van der Waals surface area (Å²) in [4.78, 5) is 37.4. The molecule has 37 heavy (non-hydrogen) atoms. The van der Waals surface area contributed by atoms with E-state index in [1.165, 1.54) is 41.7 Å². The Bertz CT molecular complexity index is 1330. The Morgan fingerprint density at radius 2 is 1.76 bits per heavy atom. The maximum absolute atomic E-state index is 13.9. The predicted octanol–water partition coefficient (Wildman–Crippen LogP) is 4.40. The van der Waals surface area contributed by atoms with Crippen molar-refractivity contribution in [2.45, 2.75) is 57.1 Å². The number of hydrogen-bond acceptors (Lipinski definition) is 7. The van der Waals surface area contributed by atoms with Crippen LogP contribution in [0.1, 0.15) is 59.9 Å². The fraction of sp³-hybridized carbons (Fsp3) is 0.370. The molecule has 1 aliphatic heterocycles. The third kappa shape index (κ3) is 6.19. The van der Waals surface area contributed by atoms with E-state index in [-0.39, 0.29) is 40.2 Å². The van der Waals surface area contributed by atoms with Crippen molar-refractivity contribution in [1.29, 1.82) is 0 Å². The molecule has 10 heteroatoms. The lowest BCUT2D eigenvalue weighted by atomic mass is 9.89. The smallest absolute Gasteiger partial charge is 0.407 e. The highest BCUT2D eigenvalue weighted by atomic mass is 32.2. The van der Waals surface area contributed by atoms with Crippen LogP contribution in [0, 0.1) is 6.92 Å². The summed E-state index contributed by atoms with van der Waals surface area (Å²) in [7, 11) is -2.90. The van der Waals surface area contributed by atoms with Crippen LogP contribution in [0.15, 0.2) is 59.5 Å².